The molecule has 5 rings (SSSR count). The number of hydrogen-bond acceptors (Lipinski definition) is 4. The molecule has 5 heteroatoms. The van der Waals surface area contributed by atoms with Gasteiger partial charge < -0.3 is 4.90 Å². The van der Waals surface area contributed by atoms with Gasteiger partial charge in [0.25, 0.3) is 5.56 Å². The van der Waals surface area contributed by atoms with E-state index in [1.54, 1.807) is 11.3 Å². The van der Waals surface area contributed by atoms with Crippen LogP contribution in [0.4, 0.5) is 0 Å². The van der Waals surface area contributed by atoms with Gasteiger partial charge in [-0.3, -0.25) is 9.36 Å². The molecule has 2 aromatic heterocycles. The summed E-state index contributed by atoms with van der Waals surface area (Å²) < 4.78 is 2.03. The number of hydrogen-bond donors (Lipinski definition) is 0. The van der Waals surface area contributed by atoms with Gasteiger partial charge in [-0.05, 0) is 51.0 Å². The minimum Gasteiger partial charge on any atom is -0.306 e. The van der Waals surface area contributed by atoms with Crippen molar-refractivity contribution in [3.63, 3.8) is 0 Å². The van der Waals surface area contributed by atoms with E-state index >= 15 is 0 Å². The second kappa shape index (κ2) is 8.40. The van der Waals surface area contributed by atoms with E-state index in [9.17, 15) is 4.79 Å². The summed E-state index contributed by atoms with van der Waals surface area (Å²) in [4.78, 5) is 23.5. The molecule has 0 spiro atoms. The Morgan fingerprint density at radius 1 is 1.00 bits per heavy atom. The summed E-state index contributed by atoms with van der Waals surface area (Å²) in [5.74, 6) is 0.888. The zero-order valence-corrected chi connectivity index (χ0v) is 18.9. The fourth-order valence-electron chi connectivity index (χ4n) is 4.70. The largest absolute Gasteiger partial charge is 0.306 e. The highest BCUT2D eigenvalue weighted by molar-refractivity contribution is 7.19. The second-order valence-electron chi connectivity index (χ2n) is 8.48. The maximum Gasteiger partial charge on any atom is 0.263 e. The predicted octanol–water partition coefficient (Wildman–Crippen LogP) is 5.29. The number of benzene rings is 2. The number of rotatable bonds is 4. The molecule has 1 fully saturated rings. The third-order valence-electron chi connectivity index (χ3n) is 6.33. The van der Waals surface area contributed by atoms with Crippen LogP contribution < -0.4 is 5.56 Å². The molecule has 0 N–H and O–H groups in total. The first-order valence-corrected chi connectivity index (χ1v) is 11.8. The highest BCUT2D eigenvalue weighted by atomic mass is 32.1. The van der Waals surface area contributed by atoms with Crippen LogP contribution >= 0.6 is 11.3 Å². The van der Waals surface area contributed by atoms with Gasteiger partial charge >= 0.3 is 0 Å². The summed E-state index contributed by atoms with van der Waals surface area (Å²) in [7, 11) is 2.15. The van der Waals surface area contributed by atoms with Crippen molar-refractivity contribution in [1.29, 1.82) is 0 Å². The number of aryl methyl sites for hydroxylation is 1. The minimum absolute atomic E-state index is 0.119. The Balaban J connectivity index is 1.72. The lowest BCUT2D eigenvalue weighted by Crippen LogP contribution is -2.37. The number of piperidine rings is 1. The standard InChI is InChI=1S/C26H27N3OS/c1-18-23(20-11-7-4-8-12-20)24-25(31-18)27-22(17-19-9-5-3-6-10-19)29(26(24)30)21-13-15-28(2)16-14-21/h3-12,21H,13-17H2,1-2H3. The quantitative estimate of drug-likeness (QED) is 0.442. The molecule has 31 heavy (non-hydrogen) atoms. The van der Waals surface area contributed by atoms with Crippen LogP contribution in [0.15, 0.2) is 65.5 Å². The van der Waals surface area contributed by atoms with Crippen molar-refractivity contribution in [3.05, 3.63) is 87.3 Å². The summed E-state index contributed by atoms with van der Waals surface area (Å²) in [6.45, 7) is 4.12. The topological polar surface area (TPSA) is 38.1 Å². The normalized spacial score (nSPS) is 15.5. The van der Waals surface area contributed by atoms with E-state index in [-0.39, 0.29) is 11.6 Å². The van der Waals surface area contributed by atoms with E-state index in [0.717, 1.165) is 58.0 Å². The highest BCUT2D eigenvalue weighted by Crippen LogP contribution is 2.36. The van der Waals surface area contributed by atoms with E-state index in [4.69, 9.17) is 4.98 Å². The fourth-order valence-corrected chi connectivity index (χ4v) is 5.76. The Morgan fingerprint density at radius 3 is 2.32 bits per heavy atom. The van der Waals surface area contributed by atoms with Crippen molar-refractivity contribution in [2.75, 3.05) is 20.1 Å². The SMILES string of the molecule is Cc1sc2nc(Cc3ccccc3)n(C3CCN(C)CC3)c(=O)c2c1-c1ccccc1. The molecule has 0 amide bonds. The molecular formula is C26H27N3OS. The van der Waals surface area contributed by atoms with Crippen molar-refractivity contribution in [2.45, 2.75) is 32.2 Å². The molecule has 1 aliphatic heterocycles. The average Bonchev–Trinajstić information content (AvgIpc) is 3.12. The van der Waals surface area contributed by atoms with Crippen LogP contribution in [0.3, 0.4) is 0 Å². The number of nitrogens with zero attached hydrogens (tertiary/aromatic N) is 3. The Morgan fingerprint density at radius 2 is 1.65 bits per heavy atom. The van der Waals surface area contributed by atoms with Crippen LogP contribution in [0.2, 0.25) is 0 Å². The molecule has 0 aliphatic carbocycles. The Kier molecular flexibility index (Phi) is 5.47. The molecule has 3 heterocycles. The van der Waals surface area contributed by atoms with Crippen LogP contribution in [0, 0.1) is 6.92 Å². The van der Waals surface area contributed by atoms with Crippen LogP contribution in [-0.2, 0) is 6.42 Å². The summed E-state index contributed by atoms with van der Waals surface area (Å²) >= 11 is 1.64. The van der Waals surface area contributed by atoms with Gasteiger partial charge in [-0.15, -0.1) is 11.3 Å². The summed E-state index contributed by atoms with van der Waals surface area (Å²) in [6, 6.07) is 20.8. The minimum atomic E-state index is 0.119. The number of likely N-dealkylation sites (tertiary alicyclic amines) is 1. The second-order valence-corrected chi connectivity index (χ2v) is 9.68. The van der Waals surface area contributed by atoms with Crippen LogP contribution in [0.25, 0.3) is 21.3 Å². The Hall–Kier alpha value is -2.76. The molecule has 4 aromatic rings. The Bertz CT molecular complexity index is 1250. The monoisotopic (exact) mass is 429 g/mol. The first-order valence-electron chi connectivity index (χ1n) is 10.9. The lowest BCUT2D eigenvalue weighted by Gasteiger charge is -2.31. The molecule has 0 unspecified atom stereocenters. The smallest absolute Gasteiger partial charge is 0.263 e. The molecular weight excluding hydrogens is 402 g/mol. The lowest BCUT2D eigenvalue weighted by molar-refractivity contribution is 0.216. The van der Waals surface area contributed by atoms with Gasteiger partial charge in [0.1, 0.15) is 10.7 Å². The number of aromatic nitrogens is 2. The molecule has 1 aliphatic rings. The average molecular weight is 430 g/mol. The molecule has 2 aromatic carbocycles. The molecule has 0 atom stereocenters. The van der Waals surface area contributed by atoms with Gasteiger partial charge in [-0.2, -0.15) is 0 Å². The molecule has 0 bridgehead atoms. The van der Waals surface area contributed by atoms with E-state index in [2.05, 4.69) is 55.3 Å². The maximum atomic E-state index is 14.0. The van der Waals surface area contributed by atoms with Crippen LogP contribution in [0.5, 0.6) is 0 Å². The predicted molar refractivity (Wildman–Crippen MR) is 129 cm³/mol. The third-order valence-corrected chi connectivity index (χ3v) is 7.33. The zero-order chi connectivity index (χ0) is 21.4. The van der Waals surface area contributed by atoms with E-state index in [1.165, 1.54) is 5.56 Å². The van der Waals surface area contributed by atoms with Crippen molar-refractivity contribution < 1.29 is 0 Å². The first-order chi connectivity index (χ1) is 15.1. The molecule has 1 saturated heterocycles. The van der Waals surface area contributed by atoms with E-state index in [1.807, 2.05) is 28.8 Å². The van der Waals surface area contributed by atoms with Crippen molar-refractivity contribution in [1.82, 2.24) is 14.5 Å². The van der Waals surface area contributed by atoms with E-state index in [0.29, 0.717) is 6.42 Å². The van der Waals surface area contributed by atoms with E-state index < -0.39 is 0 Å². The van der Waals surface area contributed by atoms with Crippen molar-refractivity contribution in [2.24, 2.45) is 0 Å². The zero-order valence-electron chi connectivity index (χ0n) is 18.0. The maximum absolute atomic E-state index is 14.0. The van der Waals surface area contributed by atoms with Gasteiger partial charge in [-0.25, -0.2) is 4.98 Å². The Labute approximate surface area is 186 Å². The van der Waals surface area contributed by atoms with Crippen molar-refractivity contribution >= 4 is 21.6 Å². The fraction of sp³-hybridized carbons (Fsp3) is 0.308. The number of fused-ring (bicyclic) bond motifs is 1. The molecule has 0 saturated carbocycles. The third kappa shape index (κ3) is 3.84. The summed E-state index contributed by atoms with van der Waals surface area (Å²) in [5.41, 5.74) is 3.45. The summed E-state index contributed by atoms with van der Waals surface area (Å²) in [6.07, 6.45) is 2.64. The highest BCUT2D eigenvalue weighted by Gasteiger charge is 2.26. The van der Waals surface area contributed by atoms with Gasteiger partial charge in [0.2, 0.25) is 0 Å². The van der Waals surface area contributed by atoms with Crippen LogP contribution in [-0.4, -0.2) is 34.6 Å². The number of thiophene rings is 1. The first kappa shape index (κ1) is 20.2. The molecule has 158 valence electrons. The van der Waals surface area contributed by atoms with Gasteiger partial charge in [0.15, 0.2) is 0 Å². The van der Waals surface area contributed by atoms with Gasteiger partial charge in [-0.1, -0.05) is 60.7 Å². The van der Waals surface area contributed by atoms with Gasteiger partial charge in [0.05, 0.1) is 5.39 Å². The summed E-state index contributed by atoms with van der Waals surface area (Å²) in [5, 5.41) is 0.782. The lowest BCUT2D eigenvalue weighted by atomic mass is 10.0. The van der Waals surface area contributed by atoms with Crippen molar-refractivity contribution in [3.8, 4) is 11.1 Å². The molecule has 4 nitrogen and oxygen atoms in total. The molecule has 0 radical (unpaired) electrons. The van der Waals surface area contributed by atoms with Crippen LogP contribution in [0.1, 0.15) is 35.1 Å². The van der Waals surface area contributed by atoms with Gasteiger partial charge in [0, 0.05) is 22.9 Å².